The maximum Gasteiger partial charge on any atom is 0.220 e. The van der Waals surface area contributed by atoms with E-state index in [1.54, 1.807) is 0 Å². The van der Waals surface area contributed by atoms with E-state index in [4.69, 9.17) is 5.73 Å². The molecule has 2 aromatic rings. The number of hydrogen-bond acceptors (Lipinski definition) is 2. The van der Waals surface area contributed by atoms with Crippen molar-refractivity contribution in [3.8, 4) is 0 Å². The van der Waals surface area contributed by atoms with Gasteiger partial charge in [0.2, 0.25) is 5.91 Å². The van der Waals surface area contributed by atoms with Crippen LogP contribution in [-0.2, 0) is 11.2 Å². The zero-order valence-electron chi connectivity index (χ0n) is 13.6. The normalized spacial score (nSPS) is 11.9. The fourth-order valence-electron chi connectivity index (χ4n) is 2.72. The first-order chi connectivity index (χ1) is 11.3. The first-order valence-electron chi connectivity index (χ1n) is 8.35. The lowest BCUT2D eigenvalue weighted by Crippen LogP contribution is -2.27. The van der Waals surface area contributed by atoms with Crippen molar-refractivity contribution in [1.29, 1.82) is 0 Å². The molecule has 23 heavy (non-hydrogen) atoms. The third kappa shape index (κ3) is 6.25. The molecule has 122 valence electrons. The Labute approximate surface area is 138 Å². The van der Waals surface area contributed by atoms with Crippen LogP contribution in [0.25, 0.3) is 0 Å². The predicted molar refractivity (Wildman–Crippen MR) is 95.2 cm³/mol. The zero-order valence-corrected chi connectivity index (χ0v) is 13.6. The lowest BCUT2D eigenvalue weighted by molar-refractivity contribution is -0.121. The van der Waals surface area contributed by atoms with Gasteiger partial charge >= 0.3 is 0 Å². The number of hydrogen-bond donors (Lipinski definition) is 2. The number of carbonyl (C=O) groups excluding carboxylic acids is 1. The van der Waals surface area contributed by atoms with Crippen LogP contribution in [0.2, 0.25) is 0 Å². The molecule has 0 heterocycles. The minimum Gasteiger partial charge on any atom is -0.356 e. The highest BCUT2D eigenvalue weighted by Gasteiger charge is 2.16. The first-order valence-corrected chi connectivity index (χ1v) is 8.35. The van der Waals surface area contributed by atoms with Crippen LogP contribution in [0.15, 0.2) is 60.7 Å². The highest BCUT2D eigenvalue weighted by molar-refractivity contribution is 5.76. The van der Waals surface area contributed by atoms with Crippen molar-refractivity contribution in [2.24, 2.45) is 5.73 Å². The van der Waals surface area contributed by atoms with Crippen molar-refractivity contribution in [3.05, 3.63) is 71.8 Å². The molecule has 0 saturated heterocycles. The molecule has 2 aromatic carbocycles. The Bertz CT molecular complexity index is 569. The highest BCUT2D eigenvalue weighted by atomic mass is 16.1. The smallest absolute Gasteiger partial charge is 0.220 e. The molecule has 0 bridgehead atoms. The van der Waals surface area contributed by atoms with Crippen molar-refractivity contribution >= 4 is 5.91 Å². The summed E-state index contributed by atoms with van der Waals surface area (Å²) in [6.07, 6.45) is 3.28. The lowest BCUT2D eigenvalue weighted by atomic mass is 9.89. The molecule has 0 saturated carbocycles. The van der Waals surface area contributed by atoms with E-state index in [0.29, 0.717) is 19.5 Å². The summed E-state index contributed by atoms with van der Waals surface area (Å²) < 4.78 is 0. The average molecular weight is 310 g/mol. The number of rotatable bonds is 9. The molecular formula is C20H26N2O. The summed E-state index contributed by atoms with van der Waals surface area (Å²) in [5.41, 5.74) is 7.95. The second-order valence-corrected chi connectivity index (χ2v) is 5.85. The molecule has 0 spiro atoms. The molecule has 0 aliphatic carbocycles. The second kappa shape index (κ2) is 9.80. The average Bonchev–Trinajstić information content (AvgIpc) is 2.60. The van der Waals surface area contributed by atoms with Gasteiger partial charge in [0.1, 0.15) is 0 Å². The number of amides is 1. The van der Waals surface area contributed by atoms with Gasteiger partial charge in [0.05, 0.1) is 0 Å². The van der Waals surface area contributed by atoms with Crippen LogP contribution in [0.5, 0.6) is 0 Å². The summed E-state index contributed by atoms with van der Waals surface area (Å²) in [5.74, 6) is 0.319. The number of benzene rings is 2. The maximum atomic E-state index is 12.2. The molecule has 3 nitrogen and oxygen atoms in total. The second-order valence-electron chi connectivity index (χ2n) is 5.85. The minimum absolute atomic E-state index is 0.117. The molecule has 3 N–H and O–H groups in total. The Kier molecular flexibility index (Phi) is 7.34. The van der Waals surface area contributed by atoms with Crippen molar-refractivity contribution in [3.63, 3.8) is 0 Å². The Morgan fingerprint density at radius 3 is 2.26 bits per heavy atom. The van der Waals surface area contributed by atoms with E-state index in [-0.39, 0.29) is 11.8 Å². The van der Waals surface area contributed by atoms with E-state index >= 15 is 0 Å². The summed E-state index contributed by atoms with van der Waals surface area (Å²) in [5, 5.41) is 3.01. The Morgan fingerprint density at radius 2 is 1.61 bits per heavy atom. The first kappa shape index (κ1) is 17.2. The maximum absolute atomic E-state index is 12.2. The quantitative estimate of drug-likeness (QED) is 0.699. The van der Waals surface area contributed by atoms with Gasteiger partial charge in [-0.2, -0.15) is 0 Å². The van der Waals surface area contributed by atoms with Crippen LogP contribution in [0, 0.1) is 0 Å². The van der Waals surface area contributed by atoms with Gasteiger partial charge in [-0.1, -0.05) is 60.7 Å². The monoisotopic (exact) mass is 310 g/mol. The summed E-state index contributed by atoms with van der Waals surface area (Å²) >= 11 is 0. The number of carbonyl (C=O) groups is 1. The highest BCUT2D eigenvalue weighted by Crippen LogP contribution is 2.24. The van der Waals surface area contributed by atoms with Crippen LogP contribution in [-0.4, -0.2) is 19.0 Å². The predicted octanol–water partition coefficient (Wildman–Crippen LogP) is 3.26. The van der Waals surface area contributed by atoms with Gasteiger partial charge in [0.15, 0.2) is 0 Å². The minimum atomic E-state index is 0.117. The summed E-state index contributed by atoms with van der Waals surface area (Å²) in [6, 6.07) is 20.6. The summed E-state index contributed by atoms with van der Waals surface area (Å²) in [7, 11) is 0. The molecule has 3 heteroatoms. The standard InChI is InChI=1S/C20H26N2O/c21-13-7-8-14-22-20(23)16-19(18-11-5-2-6-12-18)15-17-9-3-1-4-10-17/h1-6,9-12,19H,7-8,13-16,21H2,(H,22,23). The molecule has 1 amide bonds. The SMILES string of the molecule is NCCCCNC(=O)CC(Cc1ccccc1)c1ccccc1. The molecule has 1 atom stereocenters. The fraction of sp³-hybridized carbons (Fsp3) is 0.350. The molecule has 0 aromatic heterocycles. The lowest BCUT2D eigenvalue weighted by Gasteiger charge is -2.17. The van der Waals surface area contributed by atoms with E-state index in [0.717, 1.165) is 19.3 Å². The van der Waals surface area contributed by atoms with E-state index in [1.165, 1.54) is 11.1 Å². The van der Waals surface area contributed by atoms with Crippen LogP contribution in [0.4, 0.5) is 0 Å². The molecule has 0 aliphatic rings. The summed E-state index contributed by atoms with van der Waals surface area (Å²) in [4.78, 5) is 12.2. The molecule has 0 radical (unpaired) electrons. The van der Waals surface area contributed by atoms with Gasteiger partial charge in [-0.05, 0) is 42.9 Å². The molecule has 2 rings (SSSR count). The Morgan fingerprint density at radius 1 is 0.957 bits per heavy atom. The largest absolute Gasteiger partial charge is 0.356 e. The van der Waals surface area contributed by atoms with Gasteiger partial charge in [0.25, 0.3) is 0 Å². The van der Waals surface area contributed by atoms with Crippen LogP contribution in [0.3, 0.4) is 0 Å². The zero-order chi connectivity index (χ0) is 16.3. The molecule has 0 fully saturated rings. The van der Waals surface area contributed by atoms with Crippen LogP contribution < -0.4 is 11.1 Å². The van der Waals surface area contributed by atoms with Crippen molar-refractivity contribution in [2.75, 3.05) is 13.1 Å². The van der Waals surface area contributed by atoms with Crippen molar-refractivity contribution < 1.29 is 4.79 Å². The number of nitrogens with two attached hydrogens (primary N) is 1. The topological polar surface area (TPSA) is 55.1 Å². The molecule has 0 aliphatic heterocycles. The molecule has 1 unspecified atom stereocenters. The van der Waals surface area contributed by atoms with E-state index in [1.807, 2.05) is 36.4 Å². The van der Waals surface area contributed by atoms with Gasteiger partial charge < -0.3 is 11.1 Å². The fourth-order valence-corrected chi connectivity index (χ4v) is 2.72. The van der Waals surface area contributed by atoms with Gasteiger partial charge in [-0.15, -0.1) is 0 Å². The third-order valence-electron chi connectivity index (χ3n) is 3.98. The Hall–Kier alpha value is -2.13. The van der Waals surface area contributed by atoms with Gasteiger partial charge in [0, 0.05) is 13.0 Å². The van der Waals surface area contributed by atoms with Gasteiger partial charge in [-0.3, -0.25) is 4.79 Å². The third-order valence-corrected chi connectivity index (χ3v) is 3.98. The van der Waals surface area contributed by atoms with Crippen molar-refractivity contribution in [2.45, 2.75) is 31.6 Å². The van der Waals surface area contributed by atoms with E-state index in [9.17, 15) is 4.79 Å². The van der Waals surface area contributed by atoms with Crippen LogP contribution in [0.1, 0.15) is 36.3 Å². The number of unbranched alkanes of at least 4 members (excludes halogenated alkanes) is 1. The van der Waals surface area contributed by atoms with Gasteiger partial charge in [-0.25, -0.2) is 0 Å². The van der Waals surface area contributed by atoms with E-state index in [2.05, 4.69) is 29.6 Å². The van der Waals surface area contributed by atoms with E-state index < -0.39 is 0 Å². The van der Waals surface area contributed by atoms with Crippen molar-refractivity contribution in [1.82, 2.24) is 5.32 Å². The molecular weight excluding hydrogens is 284 g/mol. The summed E-state index contributed by atoms with van der Waals surface area (Å²) in [6.45, 7) is 1.39. The van der Waals surface area contributed by atoms with Crippen LogP contribution >= 0.6 is 0 Å². The number of nitrogens with one attached hydrogen (secondary N) is 1. The Balaban J connectivity index is 1.98.